The van der Waals surface area contributed by atoms with Gasteiger partial charge in [-0.15, -0.1) is 0 Å². The molecule has 0 saturated heterocycles. The van der Waals surface area contributed by atoms with Crippen LogP contribution in [0.1, 0.15) is 27.5 Å². The third kappa shape index (κ3) is 3.16. The van der Waals surface area contributed by atoms with E-state index >= 15 is 0 Å². The number of benzene rings is 2. The highest BCUT2D eigenvalue weighted by Gasteiger charge is 2.14. The number of anilines is 1. The SMILES string of the molecule is Cc1ccc(C(=O)NC(CN)c2ccccc2)cc1N. The highest BCUT2D eigenvalue weighted by atomic mass is 16.1. The average Bonchev–Trinajstić information content (AvgIpc) is 2.48. The second-order valence-corrected chi connectivity index (χ2v) is 4.74. The van der Waals surface area contributed by atoms with Crippen LogP contribution in [0, 0.1) is 6.92 Å². The lowest BCUT2D eigenvalue weighted by Gasteiger charge is -2.17. The van der Waals surface area contributed by atoms with Crippen molar-refractivity contribution in [2.75, 3.05) is 12.3 Å². The summed E-state index contributed by atoms with van der Waals surface area (Å²) >= 11 is 0. The minimum absolute atomic E-state index is 0.170. The van der Waals surface area contributed by atoms with E-state index in [9.17, 15) is 4.79 Å². The van der Waals surface area contributed by atoms with E-state index in [4.69, 9.17) is 11.5 Å². The van der Waals surface area contributed by atoms with Gasteiger partial charge in [-0.3, -0.25) is 4.79 Å². The molecule has 0 aromatic heterocycles. The number of aryl methyl sites for hydroxylation is 1. The first kappa shape index (κ1) is 14.1. The monoisotopic (exact) mass is 269 g/mol. The lowest BCUT2D eigenvalue weighted by atomic mass is 10.1. The summed E-state index contributed by atoms with van der Waals surface area (Å²) in [7, 11) is 0. The van der Waals surface area contributed by atoms with Crippen molar-refractivity contribution in [2.24, 2.45) is 5.73 Å². The van der Waals surface area contributed by atoms with Gasteiger partial charge in [-0.2, -0.15) is 0 Å². The van der Waals surface area contributed by atoms with Crippen LogP contribution in [0.4, 0.5) is 5.69 Å². The first-order chi connectivity index (χ1) is 9.61. The molecule has 0 aliphatic rings. The van der Waals surface area contributed by atoms with Crippen molar-refractivity contribution in [3.8, 4) is 0 Å². The van der Waals surface area contributed by atoms with E-state index in [0.717, 1.165) is 11.1 Å². The lowest BCUT2D eigenvalue weighted by molar-refractivity contribution is 0.0938. The zero-order valence-electron chi connectivity index (χ0n) is 11.5. The van der Waals surface area contributed by atoms with Crippen molar-refractivity contribution in [2.45, 2.75) is 13.0 Å². The number of carbonyl (C=O) groups is 1. The van der Waals surface area contributed by atoms with Gasteiger partial charge < -0.3 is 16.8 Å². The zero-order valence-corrected chi connectivity index (χ0v) is 11.5. The van der Waals surface area contributed by atoms with Crippen LogP contribution < -0.4 is 16.8 Å². The highest BCUT2D eigenvalue weighted by Crippen LogP contribution is 2.15. The van der Waals surface area contributed by atoms with Crippen LogP contribution in [0.2, 0.25) is 0 Å². The van der Waals surface area contributed by atoms with Crippen LogP contribution in [-0.4, -0.2) is 12.5 Å². The van der Waals surface area contributed by atoms with Gasteiger partial charge in [0, 0.05) is 17.8 Å². The van der Waals surface area contributed by atoms with Gasteiger partial charge >= 0.3 is 0 Å². The second-order valence-electron chi connectivity index (χ2n) is 4.74. The minimum atomic E-state index is -0.203. The molecule has 0 aliphatic carbocycles. The van der Waals surface area contributed by atoms with E-state index in [1.54, 1.807) is 12.1 Å². The van der Waals surface area contributed by atoms with E-state index in [-0.39, 0.29) is 11.9 Å². The van der Waals surface area contributed by atoms with Crippen LogP contribution >= 0.6 is 0 Å². The molecule has 1 unspecified atom stereocenters. The first-order valence-electron chi connectivity index (χ1n) is 6.54. The molecule has 20 heavy (non-hydrogen) atoms. The van der Waals surface area contributed by atoms with E-state index in [0.29, 0.717) is 17.8 Å². The second kappa shape index (κ2) is 6.21. The average molecular weight is 269 g/mol. The van der Waals surface area contributed by atoms with Gasteiger partial charge in [0.25, 0.3) is 5.91 Å². The molecule has 5 N–H and O–H groups in total. The molecule has 0 fully saturated rings. The molecule has 2 aromatic carbocycles. The number of rotatable bonds is 4. The van der Waals surface area contributed by atoms with Crippen LogP contribution in [0.15, 0.2) is 48.5 Å². The van der Waals surface area contributed by atoms with Crippen LogP contribution in [-0.2, 0) is 0 Å². The fourth-order valence-corrected chi connectivity index (χ4v) is 1.99. The quantitative estimate of drug-likeness (QED) is 0.743. The van der Waals surface area contributed by atoms with Crippen molar-refractivity contribution in [3.05, 3.63) is 65.2 Å². The summed E-state index contributed by atoms with van der Waals surface area (Å²) < 4.78 is 0. The highest BCUT2D eigenvalue weighted by molar-refractivity contribution is 5.95. The Kier molecular flexibility index (Phi) is 4.38. The first-order valence-corrected chi connectivity index (χ1v) is 6.54. The van der Waals surface area contributed by atoms with Crippen molar-refractivity contribution in [1.82, 2.24) is 5.32 Å². The maximum atomic E-state index is 12.2. The maximum Gasteiger partial charge on any atom is 0.251 e. The largest absolute Gasteiger partial charge is 0.398 e. The van der Waals surface area contributed by atoms with Crippen LogP contribution in [0.25, 0.3) is 0 Å². The number of hydrogen-bond acceptors (Lipinski definition) is 3. The Morgan fingerprint density at radius 2 is 1.90 bits per heavy atom. The van der Waals surface area contributed by atoms with E-state index in [1.165, 1.54) is 0 Å². The normalized spacial score (nSPS) is 11.9. The smallest absolute Gasteiger partial charge is 0.251 e. The van der Waals surface area contributed by atoms with Gasteiger partial charge in [-0.05, 0) is 30.2 Å². The van der Waals surface area contributed by atoms with Gasteiger partial charge in [-0.1, -0.05) is 36.4 Å². The Balaban J connectivity index is 2.15. The molecule has 0 radical (unpaired) electrons. The number of nitrogens with one attached hydrogen (secondary N) is 1. The molecule has 0 spiro atoms. The Morgan fingerprint density at radius 1 is 1.20 bits per heavy atom. The summed E-state index contributed by atoms with van der Waals surface area (Å²) in [6, 6.07) is 14.8. The molecule has 0 saturated carbocycles. The summed E-state index contributed by atoms with van der Waals surface area (Å²) in [5.41, 5.74) is 14.7. The van der Waals surface area contributed by atoms with Gasteiger partial charge in [0.15, 0.2) is 0 Å². The topological polar surface area (TPSA) is 81.1 Å². The molecule has 1 amide bonds. The molecule has 0 aliphatic heterocycles. The number of nitrogens with two attached hydrogens (primary N) is 2. The molecular formula is C16H19N3O. The van der Waals surface area contributed by atoms with E-state index < -0.39 is 0 Å². The van der Waals surface area contributed by atoms with Crippen molar-refractivity contribution >= 4 is 11.6 Å². The maximum absolute atomic E-state index is 12.2. The fraction of sp³-hybridized carbons (Fsp3) is 0.188. The summed E-state index contributed by atoms with van der Waals surface area (Å²) in [5.74, 6) is -0.170. The Labute approximate surface area is 118 Å². The zero-order chi connectivity index (χ0) is 14.5. The summed E-state index contributed by atoms with van der Waals surface area (Å²) in [4.78, 5) is 12.2. The predicted octanol–water partition coefficient (Wildman–Crippen LogP) is 2.01. The molecule has 104 valence electrons. The molecule has 0 heterocycles. The van der Waals surface area contributed by atoms with Gasteiger partial charge in [-0.25, -0.2) is 0 Å². The molecule has 4 heteroatoms. The number of amides is 1. The van der Waals surface area contributed by atoms with Gasteiger partial charge in [0.1, 0.15) is 0 Å². The minimum Gasteiger partial charge on any atom is -0.398 e. The summed E-state index contributed by atoms with van der Waals surface area (Å²) in [6.07, 6.45) is 0. The third-order valence-corrected chi connectivity index (χ3v) is 3.28. The van der Waals surface area contributed by atoms with Gasteiger partial charge in [0.05, 0.1) is 6.04 Å². The molecule has 1 atom stereocenters. The molecule has 2 rings (SSSR count). The number of nitrogen functional groups attached to an aromatic ring is 1. The van der Waals surface area contributed by atoms with E-state index in [1.807, 2.05) is 43.3 Å². The third-order valence-electron chi connectivity index (χ3n) is 3.28. The Hall–Kier alpha value is -2.33. The lowest BCUT2D eigenvalue weighted by Crippen LogP contribution is -2.33. The molecule has 2 aromatic rings. The molecular weight excluding hydrogens is 250 g/mol. The van der Waals surface area contributed by atoms with Crippen LogP contribution in [0.3, 0.4) is 0 Å². The standard InChI is InChI=1S/C16H19N3O/c1-11-7-8-13(9-14(11)18)16(20)19-15(10-17)12-5-3-2-4-6-12/h2-9,15H,10,17-18H2,1H3,(H,19,20). The Bertz CT molecular complexity index is 596. The summed E-state index contributed by atoms with van der Waals surface area (Å²) in [5, 5.41) is 2.93. The Morgan fingerprint density at radius 3 is 2.50 bits per heavy atom. The van der Waals surface area contributed by atoms with Crippen LogP contribution in [0.5, 0.6) is 0 Å². The molecule has 0 bridgehead atoms. The van der Waals surface area contributed by atoms with E-state index in [2.05, 4.69) is 5.32 Å². The predicted molar refractivity (Wildman–Crippen MR) is 81.3 cm³/mol. The van der Waals surface area contributed by atoms with Crippen molar-refractivity contribution in [1.29, 1.82) is 0 Å². The molecule has 4 nitrogen and oxygen atoms in total. The number of hydrogen-bond donors (Lipinski definition) is 3. The fourth-order valence-electron chi connectivity index (χ4n) is 1.99. The summed E-state index contributed by atoms with van der Waals surface area (Å²) in [6.45, 7) is 2.25. The van der Waals surface area contributed by atoms with Gasteiger partial charge in [0.2, 0.25) is 0 Å². The number of carbonyl (C=O) groups excluding carboxylic acids is 1. The van der Waals surface area contributed by atoms with Crippen molar-refractivity contribution < 1.29 is 4.79 Å². The van der Waals surface area contributed by atoms with Crippen molar-refractivity contribution in [3.63, 3.8) is 0 Å².